The van der Waals surface area contributed by atoms with Crippen molar-refractivity contribution in [3.05, 3.63) is 36.7 Å². The maximum absolute atomic E-state index is 11.4. The van der Waals surface area contributed by atoms with Gasteiger partial charge in [0.2, 0.25) is 5.78 Å². The number of fused-ring (bicyclic) bond motifs is 1. The lowest BCUT2D eigenvalue weighted by atomic mass is 9.82. The molecule has 0 saturated heterocycles. The minimum Gasteiger partial charge on any atom is -0.493 e. The number of methoxy groups -OCH3 is 1. The monoisotopic (exact) mass is 410 g/mol. The van der Waals surface area contributed by atoms with Gasteiger partial charge in [-0.05, 0) is 49.9 Å². The summed E-state index contributed by atoms with van der Waals surface area (Å²) in [7, 11) is 1.54. The van der Waals surface area contributed by atoms with Gasteiger partial charge in [-0.1, -0.05) is 20.8 Å². The summed E-state index contributed by atoms with van der Waals surface area (Å²) in [6.07, 6.45) is 4.63. The molecule has 0 atom stereocenters. The van der Waals surface area contributed by atoms with E-state index in [0.717, 1.165) is 23.5 Å². The van der Waals surface area contributed by atoms with Gasteiger partial charge in [0, 0.05) is 30.4 Å². The molecule has 7 nitrogen and oxygen atoms in total. The van der Waals surface area contributed by atoms with Gasteiger partial charge in [-0.15, -0.1) is 0 Å². The zero-order valence-corrected chi connectivity index (χ0v) is 18.7. The zero-order chi connectivity index (χ0) is 22.1. The summed E-state index contributed by atoms with van der Waals surface area (Å²) in [6, 6.07) is 7.29. The molecule has 30 heavy (non-hydrogen) atoms. The van der Waals surface area contributed by atoms with Gasteiger partial charge in [-0.25, -0.2) is 9.97 Å². The number of nitrogens with zero attached hydrogens (tertiary/aromatic N) is 3. The quantitative estimate of drug-likeness (QED) is 0.457. The number of nitrogens with one attached hydrogen (secondary N) is 1. The molecule has 0 bridgehead atoms. The minimum atomic E-state index is -0.399. The van der Waals surface area contributed by atoms with E-state index in [1.54, 1.807) is 19.4 Å². The van der Waals surface area contributed by atoms with Crippen LogP contribution in [0.25, 0.3) is 17.0 Å². The fourth-order valence-electron chi connectivity index (χ4n) is 3.95. The van der Waals surface area contributed by atoms with Crippen LogP contribution in [0.4, 0.5) is 5.82 Å². The van der Waals surface area contributed by atoms with Crippen molar-refractivity contribution in [2.45, 2.75) is 53.5 Å². The van der Waals surface area contributed by atoms with Crippen molar-refractivity contribution in [1.29, 1.82) is 0 Å². The first kappa shape index (κ1) is 21.6. The van der Waals surface area contributed by atoms with Crippen molar-refractivity contribution >= 4 is 17.6 Å². The maximum atomic E-state index is 11.4. The van der Waals surface area contributed by atoms with Gasteiger partial charge >= 0.3 is 5.97 Å². The number of carbonyl (C=O) groups is 1. The van der Waals surface area contributed by atoms with Gasteiger partial charge in [-0.2, -0.15) is 0 Å². The predicted molar refractivity (Wildman–Crippen MR) is 118 cm³/mol. The molecule has 0 fully saturated rings. The number of hydrogen-bond acceptors (Lipinski definition) is 6. The third-order valence-electron chi connectivity index (χ3n) is 4.52. The Morgan fingerprint density at radius 2 is 1.90 bits per heavy atom. The average molecular weight is 411 g/mol. The van der Waals surface area contributed by atoms with E-state index >= 15 is 0 Å². The number of ether oxygens (including phenoxy) is 2. The van der Waals surface area contributed by atoms with Crippen LogP contribution in [0.2, 0.25) is 0 Å². The van der Waals surface area contributed by atoms with E-state index in [1.165, 1.54) is 6.92 Å². The van der Waals surface area contributed by atoms with Gasteiger partial charge in [0.05, 0.1) is 7.11 Å². The molecule has 0 spiro atoms. The van der Waals surface area contributed by atoms with Gasteiger partial charge in [0.25, 0.3) is 0 Å². The fraction of sp³-hybridized carbons (Fsp3) is 0.435. The highest BCUT2D eigenvalue weighted by atomic mass is 16.6. The Balaban J connectivity index is 2.10. The molecule has 3 aromatic rings. The summed E-state index contributed by atoms with van der Waals surface area (Å²) in [6.45, 7) is 12.4. The first-order chi connectivity index (χ1) is 14.0. The van der Waals surface area contributed by atoms with E-state index in [9.17, 15) is 4.79 Å². The summed E-state index contributed by atoms with van der Waals surface area (Å²) < 4.78 is 12.6. The third kappa shape index (κ3) is 4.90. The number of esters is 1. The molecule has 0 amide bonds. The molecule has 0 unspecified atom stereocenters. The van der Waals surface area contributed by atoms with Crippen molar-refractivity contribution in [2.75, 3.05) is 12.4 Å². The van der Waals surface area contributed by atoms with Crippen LogP contribution in [0.1, 0.15) is 48.0 Å². The lowest BCUT2D eigenvalue weighted by Gasteiger charge is -2.34. The molecular weight excluding hydrogens is 380 g/mol. The largest absolute Gasteiger partial charge is 0.493 e. The molecule has 2 heterocycles. The number of hydrogen-bond donors (Lipinski definition) is 1. The number of benzene rings is 1. The second-order valence-electron chi connectivity index (χ2n) is 9.30. The lowest BCUT2D eigenvalue weighted by Crippen LogP contribution is -2.36. The molecule has 1 aromatic carbocycles. The Morgan fingerprint density at radius 3 is 2.53 bits per heavy atom. The Morgan fingerprint density at radius 1 is 1.17 bits per heavy atom. The van der Waals surface area contributed by atoms with E-state index in [0.29, 0.717) is 17.3 Å². The molecular formula is C23H30N4O3. The van der Waals surface area contributed by atoms with Crippen LogP contribution in [0.15, 0.2) is 36.7 Å². The molecule has 0 saturated carbocycles. The van der Waals surface area contributed by atoms with Gasteiger partial charge in [0.1, 0.15) is 11.5 Å². The van der Waals surface area contributed by atoms with Crippen LogP contribution in [0, 0.1) is 5.41 Å². The predicted octanol–water partition coefficient (Wildman–Crippen LogP) is 4.96. The zero-order valence-electron chi connectivity index (χ0n) is 18.7. The first-order valence-electron chi connectivity index (χ1n) is 9.97. The molecule has 2 aromatic heterocycles. The van der Waals surface area contributed by atoms with Crippen LogP contribution in [-0.2, 0) is 4.79 Å². The second-order valence-corrected chi connectivity index (χ2v) is 9.30. The molecule has 3 rings (SSSR count). The van der Waals surface area contributed by atoms with E-state index in [-0.39, 0.29) is 11.0 Å². The number of imidazole rings is 1. The summed E-state index contributed by atoms with van der Waals surface area (Å²) in [5.74, 6) is 1.90. The number of rotatable bonds is 6. The molecule has 1 N–H and O–H groups in total. The minimum absolute atomic E-state index is 0.157. The second kappa shape index (κ2) is 7.97. The normalized spacial score (nSPS) is 12.1. The Labute approximate surface area is 177 Å². The molecule has 0 aliphatic carbocycles. The highest BCUT2D eigenvalue weighted by molar-refractivity contribution is 5.78. The van der Waals surface area contributed by atoms with Gasteiger partial charge in [0.15, 0.2) is 11.5 Å². The van der Waals surface area contributed by atoms with E-state index < -0.39 is 5.97 Å². The van der Waals surface area contributed by atoms with Crippen LogP contribution in [0.3, 0.4) is 0 Å². The number of carbonyl (C=O) groups excluding carboxylic acids is 1. The smallest absolute Gasteiger partial charge is 0.308 e. The first-order valence-corrected chi connectivity index (χ1v) is 9.97. The van der Waals surface area contributed by atoms with E-state index in [1.807, 2.05) is 28.8 Å². The van der Waals surface area contributed by atoms with Crippen molar-refractivity contribution in [1.82, 2.24) is 14.4 Å². The summed E-state index contributed by atoms with van der Waals surface area (Å²) >= 11 is 0. The Hall–Kier alpha value is -3.09. The molecule has 0 aliphatic rings. The summed E-state index contributed by atoms with van der Waals surface area (Å²) in [5, 5.41) is 3.68. The fourth-order valence-corrected chi connectivity index (χ4v) is 3.95. The van der Waals surface area contributed by atoms with Crippen molar-refractivity contribution in [3.8, 4) is 22.8 Å². The number of aromatic nitrogens is 3. The highest BCUT2D eigenvalue weighted by Gasteiger charge is 2.28. The van der Waals surface area contributed by atoms with E-state index in [2.05, 4.69) is 44.9 Å². The maximum Gasteiger partial charge on any atom is 0.308 e. The molecule has 0 aliphatic heterocycles. The summed E-state index contributed by atoms with van der Waals surface area (Å²) in [4.78, 5) is 20.5. The summed E-state index contributed by atoms with van der Waals surface area (Å²) in [5.41, 5.74) is 1.57. The van der Waals surface area contributed by atoms with E-state index in [4.69, 9.17) is 14.5 Å². The van der Waals surface area contributed by atoms with Crippen molar-refractivity contribution in [3.63, 3.8) is 0 Å². The lowest BCUT2D eigenvalue weighted by molar-refractivity contribution is -0.132. The molecule has 7 heteroatoms. The van der Waals surface area contributed by atoms with Gasteiger partial charge in [-0.3, -0.25) is 9.20 Å². The molecule has 0 radical (unpaired) electrons. The Kier molecular flexibility index (Phi) is 5.74. The van der Waals surface area contributed by atoms with Crippen LogP contribution in [0.5, 0.6) is 11.5 Å². The third-order valence-corrected chi connectivity index (χ3v) is 4.52. The average Bonchev–Trinajstić information content (AvgIpc) is 2.97. The standard InChI is InChI=1S/C23H30N4O3/c1-15(28)30-17-10-9-16(13-18(17)29-7)19-20(26-23(5,6)14-22(2,3)4)27-12-8-11-24-21(27)25-19/h8-13,26H,14H2,1-7H3. The molecule has 160 valence electrons. The highest BCUT2D eigenvalue weighted by Crippen LogP contribution is 2.37. The topological polar surface area (TPSA) is 77.8 Å². The van der Waals surface area contributed by atoms with Crippen LogP contribution < -0.4 is 14.8 Å². The van der Waals surface area contributed by atoms with Crippen LogP contribution in [-0.4, -0.2) is 33.0 Å². The van der Waals surface area contributed by atoms with Gasteiger partial charge < -0.3 is 14.8 Å². The van der Waals surface area contributed by atoms with Crippen molar-refractivity contribution < 1.29 is 14.3 Å². The SMILES string of the molecule is COc1cc(-c2nc3ncccn3c2NC(C)(C)CC(C)(C)C)ccc1OC(C)=O. The van der Waals surface area contributed by atoms with Crippen LogP contribution >= 0.6 is 0 Å². The number of anilines is 1. The Bertz CT molecular complexity index is 1060. The van der Waals surface area contributed by atoms with Crippen molar-refractivity contribution in [2.24, 2.45) is 5.41 Å².